The van der Waals surface area contributed by atoms with Crippen LogP contribution in [-0.4, -0.2) is 11.7 Å². The van der Waals surface area contributed by atoms with Gasteiger partial charge in [-0.15, -0.1) is 0 Å². The lowest BCUT2D eigenvalue weighted by molar-refractivity contribution is 0.282. The Morgan fingerprint density at radius 2 is 1.76 bits per heavy atom. The molecule has 0 aliphatic rings. The molecule has 17 heavy (non-hydrogen) atoms. The molecule has 1 aromatic rings. The summed E-state index contributed by atoms with van der Waals surface area (Å²) >= 11 is 0. The van der Waals surface area contributed by atoms with Gasteiger partial charge in [0.2, 0.25) is 0 Å². The molecule has 1 rings (SSSR count). The summed E-state index contributed by atoms with van der Waals surface area (Å²) in [6.07, 6.45) is 8.18. The van der Waals surface area contributed by atoms with Crippen molar-refractivity contribution < 1.29 is 5.11 Å². The van der Waals surface area contributed by atoms with Crippen molar-refractivity contribution in [3.8, 4) is 0 Å². The Bertz CT molecular complexity index is 317. The summed E-state index contributed by atoms with van der Waals surface area (Å²) in [6.45, 7) is 4.79. The van der Waals surface area contributed by atoms with E-state index in [4.69, 9.17) is 5.11 Å². The molecular weight excluding hydrogens is 208 g/mol. The maximum absolute atomic E-state index is 8.71. The number of aliphatic hydroxyl groups is 1. The van der Waals surface area contributed by atoms with Gasteiger partial charge >= 0.3 is 0 Å². The van der Waals surface area contributed by atoms with E-state index in [1.165, 1.54) is 48.8 Å². The van der Waals surface area contributed by atoms with E-state index >= 15 is 0 Å². The van der Waals surface area contributed by atoms with Crippen molar-refractivity contribution in [1.29, 1.82) is 0 Å². The Hall–Kier alpha value is -0.820. The second kappa shape index (κ2) is 8.30. The summed E-state index contributed by atoms with van der Waals surface area (Å²) < 4.78 is 0. The van der Waals surface area contributed by atoms with E-state index in [2.05, 4.69) is 32.0 Å². The average Bonchev–Trinajstić information content (AvgIpc) is 2.32. The highest BCUT2D eigenvalue weighted by Gasteiger charge is 2.00. The monoisotopic (exact) mass is 234 g/mol. The van der Waals surface area contributed by atoms with E-state index in [0.717, 1.165) is 12.8 Å². The number of benzene rings is 1. The minimum absolute atomic E-state index is 0.338. The van der Waals surface area contributed by atoms with Gasteiger partial charge < -0.3 is 5.11 Å². The summed E-state index contributed by atoms with van der Waals surface area (Å²) in [7, 11) is 0. The largest absolute Gasteiger partial charge is 0.396 e. The van der Waals surface area contributed by atoms with Crippen molar-refractivity contribution in [3.63, 3.8) is 0 Å². The summed E-state index contributed by atoms with van der Waals surface area (Å²) in [5, 5.41) is 8.71. The number of hydrogen-bond acceptors (Lipinski definition) is 1. The predicted molar refractivity (Wildman–Crippen MR) is 74.4 cm³/mol. The van der Waals surface area contributed by atoms with Crippen LogP contribution in [-0.2, 0) is 12.8 Å². The molecular formula is C16H26O. The molecule has 0 aromatic heterocycles. The average molecular weight is 234 g/mol. The third-order valence-corrected chi connectivity index (χ3v) is 3.30. The fourth-order valence-corrected chi connectivity index (χ4v) is 2.26. The van der Waals surface area contributed by atoms with Gasteiger partial charge in [-0.1, -0.05) is 44.4 Å². The van der Waals surface area contributed by atoms with E-state index < -0.39 is 0 Å². The lowest BCUT2D eigenvalue weighted by Crippen LogP contribution is -1.93. The normalized spacial score (nSPS) is 10.8. The molecule has 0 heterocycles. The SMILES string of the molecule is CCCc1ccc(CCCCCCO)c(C)c1. The molecule has 1 N–H and O–H groups in total. The fourth-order valence-electron chi connectivity index (χ4n) is 2.26. The van der Waals surface area contributed by atoms with Crippen molar-refractivity contribution in [3.05, 3.63) is 34.9 Å². The zero-order valence-electron chi connectivity index (χ0n) is 11.3. The topological polar surface area (TPSA) is 20.2 Å². The maximum atomic E-state index is 8.71. The van der Waals surface area contributed by atoms with E-state index in [9.17, 15) is 0 Å². The van der Waals surface area contributed by atoms with Gasteiger partial charge in [0.15, 0.2) is 0 Å². The lowest BCUT2D eigenvalue weighted by atomic mass is 9.98. The minimum Gasteiger partial charge on any atom is -0.396 e. The molecule has 0 amide bonds. The number of hydrogen-bond donors (Lipinski definition) is 1. The number of rotatable bonds is 8. The maximum Gasteiger partial charge on any atom is 0.0431 e. The Morgan fingerprint density at radius 3 is 2.41 bits per heavy atom. The van der Waals surface area contributed by atoms with Gasteiger partial charge in [0, 0.05) is 6.61 Å². The van der Waals surface area contributed by atoms with E-state index in [0.29, 0.717) is 6.61 Å². The summed E-state index contributed by atoms with van der Waals surface area (Å²) in [4.78, 5) is 0. The molecule has 0 radical (unpaired) electrons. The van der Waals surface area contributed by atoms with Gasteiger partial charge in [0.05, 0.1) is 0 Å². The molecule has 0 aliphatic carbocycles. The molecule has 1 nitrogen and oxygen atoms in total. The highest BCUT2D eigenvalue weighted by atomic mass is 16.2. The molecule has 0 aliphatic heterocycles. The van der Waals surface area contributed by atoms with Crippen LogP contribution in [0.4, 0.5) is 0 Å². The second-order valence-electron chi connectivity index (χ2n) is 4.90. The number of aliphatic hydroxyl groups excluding tert-OH is 1. The van der Waals surface area contributed by atoms with Gasteiger partial charge in [-0.2, -0.15) is 0 Å². The first-order chi connectivity index (χ1) is 8.27. The highest BCUT2D eigenvalue weighted by molar-refractivity contribution is 5.31. The summed E-state index contributed by atoms with van der Waals surface area (Å²) in [6, 6.07) is 6.92. The zero-order chi connectivity index (χ0) is 12.5. The van der Waals surface area contributed by atoms with Crippen molar-refractivity contribution in [2.45, 2.75) is 58.8 Å². The Kier molecular flexibility index (Phi) is 6.95. The summed E-state index contributed by atoms with van der Waals surface area (Å²) in [5.41, 5.74) is 4.40. The lowest BCUT2D eigenvalue weighted by Gasteiger charge is -2.08. The van der Waals surface area contributed by atoms with Crippen LogP contribution in [0, 0.1) is 6.92 Å². The van der Waals surface area contributed by atoms with E-state index in [-0.39, 0.29) is 0 Å². The van der Waals surface area contributed by atoms with Gasteiger partial charge in [-0.05, 0) is 49.3 Å². The molecule has 1 heteroatoms. The fraction of sp³-hybridized carbons (Fsp3) is 0.625. The molecule has 96 valence electrons. The first-order valence-corrected chi connectivity index (χ1v) is 6.97. The van der Waals surface area contributed by atoms with Crippen LogP contribution >= 0.6 is 0 Å². The molecule has 0 saturated carbocycles. The molecule has 0 bridgehead atoms. The van der Waals surface area contributed by atoms with Gasteiger partial charge in [-0.3, -0.25) is 0 Å². The van der Waals surface area contributed by atoms with Crippen LogP contribution in [0.3, 0.4) is 0 Å². The Labute approximate surface area is 106 Å². The molecule has 0 unspecified atom stereocenters. The predicted octanol–water partition coefficient (Wildman–Crippen LogP) is 4.04. The van der Waals surface area contributed by atoms with Crippen LogP contribution in [0.1, 0.15) is 55.7 Å². The van der Waals surface area contributed by atoms with Crippen LogP contribution in [0.5, 0.6) is 0 Å². The molecule has 0 saturated heterocycles. The molecule has 0 spiro atoms. The molecule has 0 atom stereocenters. The van der Waals surface area contributed by atoms with Gasteiger partial charge in [0.1, 0.15) is 0 Å². The second-order valence-corrected chi connectivity index (χ2v) is 4.90. The number of aryl methyl sites for hydroxylation is 3. The highest BCUT2D eigenvalue weighted by Crippen LogP contribution is 2.15. The van der Waals surface area contributed by atoms with Crippen LogP contribution in [0.25, 0.3) is 0 Å². The smallest absolute Gasteiger partial charge is 0.0431 e. The van der Waals surface area contributed by atoms with Crippen molar-refractivity contribution in [2.24, 2.45) is 0 Å². The standard InChI is InChI=1S/C16H26O/c1-3-8-15-10-11-16(14(2)13-15)9-6-4-5-7-12-17/h10-11,13,17H,3-9,12H2,1-2H3. The zero-order valence-corrected chi connectivity index (χ0v) is 11.3. The number of unbranched alkanes of at least 4 members (excludes halogenated alkanes) is 3. The van der Waals surface area contributed by atoms with Crippen LogP contribution in [0.2, 0.25) is 0 Å². The van der Waals surface area contributed by atoms with Crippen molar-refractivity contribution in [2.75, 3.05) is 6.61 Å². The first kappa shape index (κ1) is 14.2. The summed E-state index contributed by atoms with van der Waals surface area (Å²) in [5.74, 6) is 0. The van der Waals surface area contributed by atoms with Gasteiger partial charge in [-0.25, -0.2) is 0 Å². The van der Waals surface area contributed by atoms with Gasteiger partial charge in [0.25, 0.3) is 0 Å². The molecule has 1 aromatic carbocycles. The van der Waals surface area contributed by atoms with Crippen molar-refractivity contribution in [1.82, 2.24) is 0 Å². The third kappa shape index (κ3) is 5.36. The first-order valence-electron chi connectivity index (χ1n) is 6.97. The molecule has 0 fully saturated rings. The van der Waals surface area contributed by atoms with E-state index in [1.54, 1.807) is 0 Å². The van der Waals surface area contributed by atoms with Crippen molar-refractivity contribution >= 4 is 0 Å². The van der Waals surface area contributed by atoms with Crippen LogP contribution < -0.4 is 0 Å². The van der Waals surface area contributed by atoms with Crippen LogP contribution in [0.15, 0.2) is 18.2 Å². The van der Waals surface area contributed by atoms with E-state index in [1.807, 2.05) is 0 Å². The quantitative estimate of drug-likeness (QED) is 0.673. The Morgan fingerprint density at radius 1 is 1.00 bits per heavy atom. The third-order valence-electron chi connectivity index (χ3n) is 3.30. The Balaban J connectivity index is 2.38. The minimum atomic E-state index is 0.338.